The average Bonchev–Trinajstić information content (AvgIpc) is 3.42. The van der Waals surface area contributed by atoms with Crippen LogP contribution in [0, 0.1) is 0 Å². The van der Waals surface area contributed by atoms with E-state index in [-0.39, 0.29) is 6.10 Å². The largest absolute Gasteiger partial charge is 0.471 e. The molecular weight excluding hydrogens is 403 g/mol. The van der Waals surface area contributed by atoms with Crippen molar-refractivity contribution in [2.75, 3.05) is 32.2 Å². The molecule has 1 atom stereocenters. The summed E-state index contributed by atoms with van der Waals surface area (Å²) >= 11 is 12.6. The van der Waals surface area contributed by atoms with Crippen molar-refractivity contribution >= 4 is 46.4 Å². The van der Waals surface area contributed by atoms with Crippen molar-refractivity contribution in [2.45, 2.75) is 12.5 Å². The number of imidazole rings is 1. The van der Waals surface area contributed by atoms with Gasteiger partial charge in [-0.25, -0.2) is 9.97 Å². The molecule has 0 amide bonds. The Labute approximate surface area is 172 Å². The monoisotopic (exact) mass is 422 g/mol. The first-order valence-corrected chi connectivity index (χ1v) is 9.36. The van der Waals surface area contributed by atoms with Crippen molar-refractivity contribution in [1.29, 1.82) is 0 Å². The van der Waals surface area contributed by atoms with Crippen molar-refractivity contribution in [2.24, 2.45) is 0 Å². The van der Waals surface area contributed by atoms with Gasteiger partial charge in [0.2, 0.25) is 0 Å². The minimum Gasteiger partial charge on any atom is -0.471 e. The molecule has 1 aromatic carbocycles. The lowest BCUT2D eigenvalue weighted by Crippen LogP contribution is -2.23. The predicted octanol–water partition coefficient (Wildman–Crippen LogP) is 3.74. The molecule has 0 N–H and O–H groups in total. The van der Waals surface area contributed by atoms with Crippen LogP contribution < -0.4 is 4.90 Å². The number of rotatable bonds is 4. The molecule has 0 aliphatic carbocycles. The fourth-order valence-corrected chi connectivity index (χ4v) is 3.47. The quantitative estimate of drug-likeness (QED) is 0.596. The highest BCUT2D eigenvalue weighted by Crippen LogP contribution is 2.35. The highest BCUT2D eigenvalue weighted by atomic mass is 35.5. The van der Waals surface area contributed by atoms with Crippen LogP contribution in [0.4, 0.5) is 5.82 Å². The lowest BCUT2D eigenvalue weighted by molar-refractivity contribution is -0.126. The van der Waals surface area contributed by atoms with E-state index >= 15 is 0 Å². The summed E-state index contributed by atoms with van der Waals surface area (Å²) in [7, 11) is 3.06. The molecule has 3 heterocycles. The van der Waals surface area contributed by atoms with E-state index in [1.807, 2.05) is 16.8 Å². The standard InChI is InChI=1S/C17H16Cl2N4O.C2H4O2/c1-24-11-4-6-22(9-11)15-8-14(23-7-5-20-10-23)12-2-3-13(18)16(19)17(12)21-15;1-4-2-3/h2-3,5,7-8,10-11H,4,6,9H2,1H3;2H,1H3. The first kappa shape index (κ1) is 20.4. The van der Waals surface area contributed by atoms with E-state index in [0.29, 0.717) is 22.0 Å². The molecule has 1 unspecified atom stereocenters. The molecule has 0 spiro atoms. The lowest BCUT2D eigenvalue weighted by Gasteiger charge is -2.20. The number of anilines is 1. The van der Waals surface area contributed by atoms with Crippen LogP contribution in [-0.2, 0) is 14.3 Å². The molecule has 0 saturated carbocycles. The molecule has 0 bridgehead atoms. The summed E-state index contributed by atoms with van der Waals surface area (Å²) in [6, 6.07) is 5.80. The Balaban J connectivity index is 0.000000516. The minimum atomic E-state index is 0.231. The van der Waals surface area contributed by atoms with Crippen LogP contribution in [0.1, 0.15) is 6.42 Å². The second-order valence-corrected chi connectivity index (χ2v) is 6.94. The number of benzene rings is 1. The maximum Gasteiger partial charge on any atom is 0.292 e. The van der Waals surface area contributed by atoms with Crippen molar-refractivity contribution < 1.29 is 14.3 Å². The van der Waals surface area contributed by atoms with Gasteiger partial charge >= 0.3 is 0 Å². The third-order valence-electron chi connectivity index (χ3n) is 4.52. The van der Waals surface area contributed by atoms with Gasteiger partial charge in [-0.1, -0.05) is 23.2 Å². The van der Waals surface area contributed by atoms with E-state index in [1.54, 1.807) is 25.7 Å². The van der Waals surface area contributed by atoms with Crippen molar-refractivity contribution in [3.8, 4) is 5.69 Å². The summed E-state index contributed by atoms with van der Waals surface area (Å²) < 4.78 is 11.3. The highest BCUT2D eigenvalue weighted by Gasteiger charge is 2.24. The van der Waals surface area contributed by atoms with Crippen LogP contribution in [-0.4, -0.2) is 54.4 Å². The molecule has 1 aliphatic heterocycles. The number of nitrogens with zero attached hydrogens (tertiary/aromatic N) is 4. The Bertz CT molecular complexity index is 950. The summed E-state index contributed by atoms with van der Waals surface area (Å²) in [6.45, 7) is 2.09. The molecule has 0 radical (unpaired) electrons. The van der Waals surface area contributed by atoms with E-state index in [9.17, 15) is 0 Å². The number of hydrogen-bond acceptors (Lipinski definition) is 6. The highest BCUT2D eigenvalue weighted by molar-refractivity contribution is 6.45. The van der Waals surface area contributed by atoms with E-state index in [2.05, 4.69) is 20.7 Å². The second kappa shape index (κ2) is 9.23. The third kappa shape index (κ3) is 4.22. The maximum absolute atomic E-state index is 8.95. The molecule has 28 heavy (non-hydrogen) atoms. The van der Waals surface area contributed by atoms with Gasteiger partial charge in [0.1, 0.15) is 5.82 Å². The van der Waals surface area contributed by atoms with Crippen LogP contribution in [0.5, 0.6) is 0 Å². The van der Waals surface area contributed by atoms with Gasteiger partial charge in [0.25, 0.3) is 6.47 Å². The molecule has 1 fully saturated rings. The van der Waals surface area contributed by atoms with Gasteiger partial charge in [0, 0.05) is 44.0 Å². The van der Waals surface area contributed by atoms with Gasteiger partial charge in [-0.05, 0) is 18.6 Å². The maximum atomic E-state index is 8.95. The Morgan fingerprint density at radius 3 is 2.68 bits per heavy atom. The molecule has 7 nitrogen and oxygen atoms in total. The zero-order chi connectivity index (χ0) is 20.1. The van der Waals surface area contributed by atoms with Crippen molar-refractivity contribution in [1.82, 2.24) is 14.5 Å². The number of carbonyl (C=O) groups is 1. The second-order valence-electron chi connectivity index (χ2n) is 6.15. The fraction of sp³-hybridized carbons (Fsp3) is 0.316. The zero-order valence-electron chi connectivity index (χ0n) is 15.5. The Hall–Kier alpha value is -2.35. The van der Waals surface area contributed by atoms with Crippen LogP contribution in [0.3, 0.4) is 0 Å². The van der Waals surface area contributed by atoms with Crippen LogP contribution >= 0.6 is 23.2 Å². The molecule has 1 aliphatic rings. The summed E-state index contributed by atoms with van der Waals surface area (Å²) in [5, 5.41) is 1.91. The Morgan fingerprint density at radius 2 is 2.07 bits per heavy atom. The van der Waals surface area contributed by atoms with Gasteiger partial charge in [-0.15, -0.1) is 0 Å². The number of fused-ring (bicyclic) bond motifs is 1. The smallest absolute Gasteiger partial charge is 0.292 e. The zero-order valence-corrected chi connectivity index (χ0v) is 17.0. The summed E-state index contributed by atoms with van der Waals surface area (Å²) in [5.74, 6) is 0.870. The number of aromatic nitrogens is 3. The van der Waals surface area contributed by atoms with Crippen LogP contribution in [0.25, 0.3) is 16.6 Å². The van der Waals surface area contributed by atoms with Gasteiger partial charge in [-0.3, -0.25) is 4.79 Å². The number of methoxy groups -OCH3 is 2. The van der Waals surface area contributed by atoms with E-state index < -0.39 is 0 Å². The van der Waals surface area contributed by atoms with E-state index in [1.165, 1.54) is 7.11 Å². The summed E-state index contributed by atoms with van der Waals surface area (Å²) in [5.41, 5.74) is 1.68. The lowest BCUT2D eigenvalue weighted by atomic mass is 10.1. The molecule has 148 valence electrons. The Morgan fingerprint density at radius 1 is 1.29 bits per heavy atom. The number of pyridine rings is 1. The number of carbonyl (C=O) groups excluding carboxylic acids is 1. The Kier molecular flexibility index (Phi) is 6.72. The number of ether oxygens (including phenoxy) is 2. The molecule has 2 aromatic heterocycles. The van der Waals surface area contributed by atoms with E-state index in [0.717, 1.165) is 36.4 Å². The van der Waals surface area contributed by atoms with Gasteiger partial charge in [-0.2, -0.15) is 0 Å². The SMILES string of the molecule is COC1CCN(c2cc(-n3ccnc3)c3ccc(Cl)c(Cl)c3n2)C1.COC=O. The van der Waals surface area contributed by atoms with Gasteiger partial charge in [0.15, 0.2) is 0 Å². The third-order valence-corrected chi connectivity index (χ3v) is 5.31. The molecular formula is C19H20Cl2N4O3. The topological polar surface area (TPSA) is 69.5 Å². The predicted molar refractivity (Wildman–Crippen MR) is 110 cm³/mol. The van der Waals surface area contributed by atoms with Crippen molar-refractivity contribution in [3.05, 3.63) is 47.0 Å². The molecule has 1 saturated heterocycles. The van der Waals surface area contributed by atoms with Crippen molar-refractivity contribution in [3.63, 3.8) is 0 Å². The number of hydrogen-bond donors (Lipinski definition) is 0. The fourth-order valence-electron chi connectivity index (χ4n) is 3.11. The van der Waals surface area contributed by atoms with Crippen LogP contribution in [0.2, 0.25) is 10.0 Å². The first-order valence-electron chi connectivity index (χ1n) is 8.60. The van der Waals surface area contributed by atoms with E-state index in [4.69, 9.17) is 37.7 Å². The summed E-state index contributed by atoms with van der Waals surface area (Å²) in [4.78, 5) is 20.1. The van der Waals surface area contributed by atoms with Gasteiger partial charge < -0.3 is 18.9 Å². The summed E-state index contributed by atoms with van der Waals surface area (Å²) in [6.07, 6.45) is 6.64. The van der Waals surface area contributed by atoms with Crippen LogP contribution in [0.15, 0.2) is 36.9 Å². The number of halogens is 2. The first-order chi connectivity index (χ1) is 13.6. The molecule has 3 aromatic rings. The van der Waals surface area contributed by atoms with Gasteiger partial charge in [0.05, 0.1) is 40.8 Å². The molecule has 4 rings (SSSR count). The minimum absolute atomic E-state index is 0.231. The normalized spacial score (nSPS) is 16.0. The average molecular weight is 423 g/mol. The molecule has 9 heteroatoms.